The second-order valence-electron chi connectivity index (χ2n) is 6.65. The third kappa shape index (κ3) is 4.48. The molecule has 0 spiro atoms. The highest BCUT2D eigenvalue weighted by Crippen LogP contribution is 2.29. The molecule has 3 heteroatoms. The largest absolute Gasteiger partial charge is 0.341 e. The van der Waals surface area contributed by atoms with Gasteiger partial charge in [-0.05, 0) is 51.0 Å². The number of hydrogen-bond acceptors (Lipinski definition) is 2. The van der Waals surface area contributed by atoms with E-state index in [9.17, 15) is 4.79 Å². The maximum atomic E-state index is 12.4. The average Bonchev–Trinajstić information content (AvgIpc) is 2.67. The SMILES string of the molecule is CC1CCC(CNC(C)C(=O)N2CCCCCC2)C1. The third-order valence-electron chi connectivity index (χ3n) is 4.80. The maximum Gasteiger partial charge on any atom is 0.239 e. The first-order chi connectivity index (χ1) is 9.16. The van der Waals surface area contributed by atoms with E-state index in [0.717, 1.165) is 31.5 Å². The fourth-order valence-corrected chi connectivity index (χ4v) is 3.51. The zero-order valence-electron chi connectivity index (χ0n) is 12.7. The summed E-state index contributed by atoms with van der Waals surface area (Å²) in [6, 6.07) is -0.00555. The van der Waals surface area contributed by atoms with Crippen molar-refractivity contribution in [1.29, 1.82) is 0 Å². The van der Waals surface area contributed by atoms with Crippen LogP contribution in [0.3, 0.4) is 0 Å². The van der Waals surface area contributed by atoms with Gasteiger partial charge in [0.15, 0.2) is 0 Å². The van der Waals surface area contributed by atoms with E-state index in [-0.39, 0.29) is 6.04 Å². The molecule has 1 N–H and O–H groups in total. The molecule has 3 atom stereocenters. The second-order valence-corrected chi connectivity index (χ2v) is 6.65. The van der Waals surface area contributed by atoms with E-state index in [1.165, 1.54) is 44.9 Å². The lowest BCUT2D eigenvalue weighted by atomic mass is 10.1. The Bertz CT molecular complexity index is 284. The van der Waals surface area contributed by atoms with Crippen LogP contribution < -0.4 is 5.32 Å². The molecule has 1 amide bonds. The third-order valence-corrected chi connectivity index (χ3v) is 4.80. The number of nitrogens with zero attached hydrogens (tertiary/aromatic N) is 1. The molecule has 2 fully saturated rings. The Kier molecular flexibility index (Phi) is 5.68. The second kappa shape index (κ2) is 7.28. The molecule has 110 valence electrons. The van der Waals surface area contributed by atoms with Crippen molar-refractivity contribution in [2.45, 2.75) is 64.8 Å². The summed E-state index contributed by atoms with van der Waals surface area (Å²) >= 11 is 0. The Morgan fingerprint density at radius 3 is 2.47 bits per heavy atom. The highest BCUT2D eigenvalue weighted by Gasteiger charge is 2.24. The van der Waals surface area contributed by atoms with E-state index in [0.29, 0.717) is 5.91 Å². The standard InChI is InChI=1S/C16H30N2O/c1-13-7-8-15(11-13)12-17-14(2)16(19)18-9-5-3-4-6-10-18/h13-15,17H,3-12H2,1-2H3. The van der Waals surface area contributed by atoms with Crippen molar-refractivity contribution < 1.29 is 4.79 Å². The molecule has 1 saturated heterocycles. The summed E-state index contributed by atoms with van der Waals surface area (Å²) in [6.45, 7) is 7.32. The van der Waals surface area contributed by atoms with Crippen LogP contribution in [0.5, 0.6) is 0 Å². The van der Waals surface area contributed by atoms with Gasteiger partial charge in [-0.15, -0.1) is 0 Å². The van der Waals surface area contributed by atoms with Gasteiger partial charge in [0, 0.05) is 13.1 Å². The minimum Gasteiger partial charge on any atom is -0.341 e. The van der Waals surface area contributed by atoms with Crippen LogP contribution in [0.2, 0.25) is 0 Å². The number of nitrogens with one attached hydrogen (secondary N) is 1. The molecule has 2 rings (SSSR count). The number of likely N-dealkylation sites (tertiary alicyclic amines) is 1. The van der Waals surface area contributed by atoms with E-state index >= 15 is 0 Å². The Labute approximate surface area is 118 Å². The topological polar surface area (TPSA) is 32.3 Å². The van der Waals surface area contributed by atoms with E-state index in [4.69, 9.17) is 0 Å². The molecule has 0 radical (unpaired) electrons. The molecular formula is C16H30N2O. The molecule has 1 heterocycles. The van der Waals surface area contributed by atoms with Crippen LogP contribution in [0.1, 0.15) is 58.8 Å². The fraction of sp³-hybridized carbons (Fsp3) is 0.938. The van der Waals surface area contributed by atoms with Gasteiger partial charge in [0.05, 0.1) is 6.04 Å². The number of hydrogen-bond donors (Lipinski definition) is 1. The zero-order valence-corrected chi connectivity index (χ0v) is 12.7. The van der Waals surface area contributed by atoms with Crippen LogP contribution in [0.4, 0.5) is 0 Å². The van der Waals surface area contributed by atoms with Crippen molar-refractivity contribution in [1.82, 2.24) is 10.2 Å². The molecular weight excluding hydrogens is 236 g/mol. The van der Waals surface area contributed by atoms with Gasteiger partial charge in [0.1, 0.15) is 0 Å². The lowest BCUT2D eigenvalue weighted by Crippen LogP contribution is -2.46. The van der Waals surface area contributed by atoms with Gasteiger partial charge in [0.25, 0.3) is 0 Å². The summed E-state index contributed by atoms with van der Waals surface area (Å²) in [5, 5.41) is 3.47. The van der Waals surface area contributed by atoms with Crippen LogP contribution in [-0.2, 0) is 4.79 Å². The van der Waals surface area contributed by atoms with Gasteiger partial charge in [0.2, 0.25) is 5.91 Å². The molecule has 3 nitrogen and oxygen atoms in total. The fourth-order valence-electron chi connectivity index (χ4n) is 3.51. The number of rotatable bonds is 4. The molecule has 19 heavy (non-hydrogen) atoms. The van der Waals surface area contributed by atoms with Crippen molar-refractivity contribution in [3.8, 4) is 0 Å². The van der Waals surface area contributed by atoms with Gasteiger partial charge in [-0.25, -0.2) is 0 Å². The van der Waals surface area contributed by atoms with Gasteiger partial charge >= 0.3 is 0 Å². The summed E-state index contributed by atoms with van der Waals surface area (Å²) in [5.41, 5.74) is 0. The quantitative estimate of drug-likeness (QED) is 0.848. The number of carbonyl (C=O) groups excluding carboxylic acids is 1. The van der Waals surface area contributed by atoms with E-state index < -0.39 is 0 Å². The van der Waals surface area contributed by atoms with E-state index in [2.05, 4.69) is 17.1 Å². The first-order valence-corrected chi connectivity index (χ1v) is 8.19. The molecule has 0 bridgehead atoms. The average molecular weight is 266 g/mol. The lowest BCUT2D eigenvalue weighted by Gasteiger charge is -2.25. The van der Waals surface area contributed by atoms with Gasteiger partial charge < -0.3 is 10.2 Å². The summed E-state index contributed by atoms with van der Waals surface area (Å²) < 4.78 is 0. The molecule has 0 aromatic carbocycles. The summed E-state index contributed by atoms with van der Waals surface area (Å²) in [5.74, 6) is 1.98. The van der Waals surface area contributed by atoms with Crippen LogP contribution in [0.25, 0.3) is 0 Å². The summed E-state index contributed by atoms with van der Waals surface area (Å²) in [7, 11) is 0. The molecule has 3 unspecified atom stereocenters. The van der Waals surface area contributed by atoms with Crippen molar-refractivity contribution in [2.75, 3.05) is 19.6 Å². The lowest BCUT2D eigenvalue weighted by molar-refractivity contribution is -0.133. The van der Waals surface area contributed by atoms with E-state index in [1.54, 1.807) is 0 Å². The van der Waals surface area contributed by atoms with Crippen LogP contribution in [-0.4, -0.2) is 36.5 Å². The summed E-state index contributed by atoms with van der Waals surface area (Å²) in [6.07, 6.45) is 8.95. The van der Waals surface area contributed by atoms with Crippen molar-refractivity contribution in [3.63, 3.8) is 0 Å². The van der Waals surface area contributed by atoms with Gasteiger partial charge in [-0.1, -0.05) is 26.2 Å². The normalized spacial score (nSPS) is 30.1. The van der Waals surface area contributed by atoms with Crippen molar-refractivity contribution in [3.05, 3.63) is 0 Å². The number of carbonyl (C=O) groups is 1. The van der Waals surface area contributed by atoms with Crippen LogP contribution in [0.15, 0.2) is 0 Å². The van der Waals surface area contributed by atoms with Crippen LogP contribution in [0, 0.1) is 11.8 Å². The first kappa shape index (κ1) is 14.8. The minimum absolute atomic E-state index is 0.00555. The smallest absolute Gasteiger partial charge is 0.239 e. The minimum atomic E-state index is -0.00555. The molecule has 1 saturated carbocycles. The monoisotopic (exact) mass is 266 g/mol. The molecule has 2 aliphatic rings. The highest BCUT2D eigenvalue weighted by molar-refractivity contribution is 5.81. The predicted octanol–water partition coefficient (Wildman–Crippen LogP) is 2.80. The van der Waals surface area contributed by atoms with Crippen molar-refractivity contribution >= 4 is 5.91 Å². The molecule has 0 aromatic rings. The van der Waals surface area contributed by atoms with Crippen LogP contribution >= 0.6 is 0 Å². The molecule has 1 aliphatic heterocycles. The molecule has 0 aromatic heterocycles. The molecule has 1 aliphatic carbocycles. The van der Waals surface area contributed by atoms with Gasteiger partial charge in [-0.2, -0.15) is 0 Å². The Morgan fingerprint density at radius 1 is 1.21 bits per heavy atom. The van der Waals surface area contributed by atoms with Gasteiger partial charge in [-0.3, -0.25) is 4.79 Å². The zero-order chi connectivity index (χ0) is 13.7. The number of amides is 1. The van der Waals surface area contributed by atoms with E-state index in [1.807, 2.05) is 6.92 Å². The Hall–Kier alpha value is -0.570. The maximum absolute atomic E-state index is 12.4. The Balaban J connectivity index is 1.72. The van der Waals surface area contributed by atoms with Crippen molar-refractivity contribution in [2.24, 2.45) is 11.8 Å². The Morgan fingerprint density at radius 2 is 1.89 bits per heavy atom. The summed E-state index contributed by atoms with van der Waals surface area (Å²) in [4.78, 5) is 14.5. The highest BCUT2D eigenvalue weighted by atomic mass is 16.2. The predicted molar refractivity (Wildman–Crippen MR) is 79.0 cm³/mol. The first-order valence-electron chi connectivity index (χ1n) is 8.19.